The predicted octanol–water partition coefficient (Wildman–Crippen LogP) is 0.797. The van der Waals surface area contributed by atoms with Crippen molar-refractivity contribution in [1.29, 1.82) is 0 Å². The molecule has 1 aliphatic heterocycles. The van der Waals surface area contributed by atoms with E-state index in [2.05, 4.69) is 20.0 Å². The predicted molar refractivity (Wildman–Crippen MR) is 90.4 cm³/mol. The van der Waals surface area contributed by atoms with Crippen molar-refractivity contribution in [3.63, 3.8) is 0 Å². The molecule has 0 bridgehead atoms. The number of nitrogens with zero attached hydrogens (tertiary/aromatic N) is 1. The molecule has 1 aromatic carbocycles. The van der Waals surface area contributed by atoms with Crippen LogP contribution in [0.15, 0.2) is 41.6 Å². The van der Waals surface area contributed by atoms with Crippen molar-refractivity contribution in [3.05, 3.63) is 48.0 Å². The number of imidazole rings is 1. The highest BCUT2D eigenvalue weighted by Crippen LogP contribution is 2.13. The second kappa shape index (κ2) is 7.77. The Morgan fingerprint density at radius 1 is 1.32 bits per heavy atom. The fraction of sp³-hybridized carbons (Fsp3) is 0.375. The minimum atomic E-state index is -3.67. The van der Waals surface area contributed by atoms with Gasteiger partial charge in [0, 0.05) is 31.1 Å². The van der Waals surface area contributed by atoms with E-state index in [0.717, 1.165) is 19.4 Å². The van der Waals surface area contributed by atoms with Gasteiger partial charge in [-0.05, 0) is 37.1 Å². The zero-order valence-electron chi connectivity index (χ0n) is 13.6. The second-order valence-corrected chi connectivity index (χ2v) is 7.50. The third-order valence-corrected chi connectivity index (χ3v) is 5.34. The Hall–Kier alpha value is -2.23. The van der Waals surface area contributed by atoms with Crippen LogP contribution in [-0.4, -0.2) is 43.5 Å². The number of ether oxygens (including phenoxy) is 1. The zero-order valence-corrected chi connectivity index (χ0v) is 14.4. The van der Waals surface area contributed by atoms with Gasteiger partial charge in [-0.3, -0.25) is 4.79 Å². The molecule has 1 fully saturated rings. The molecule has 1 amide bonds. The Morgan fingerprint density at radius 3 is 2.76 bits per heavy atom. The number of rotatable bonds is 7. The number of hydrogen-bond donors (Lipinski definition) is 3. The molecule has 0 spiro atoms. The van der Waals surface area contributed by atoms with Gasteiger partial charge in [0.15, 0.2) is 0 Å². The molecule has 1 atom stereocenters. The Labute approximate surface area is 146 Å². The lowest BCUT2D eigenvalue weighted by Gasteiger charge is -2.11. The van der Waals surface area contributed by atoms with E-state index in [-0.39, 0.29) is 23.5 Å². The first kappa shape index (κ1) is 17.6. The lowest BCUT2D eigenvalue weighted by molar-refractivity contribution is 0.0857. The maximum absolute atomic E-state index is 12.2. The van der Waals surface area contributed by atoms with Crippen molar-refractivity contribution in [2.24, 2.45) is 0 Å². The van der Waals surface area contributed by atoms with Gasteiger partial charge in [-0.25, -0.2) is 18.1 Å². The van der Waals surface area contributed by atoms with Crippen molar-refractivity contribution in [1.82, 2.24) is 20.0 Å². The van der Waals surface area contributed by atoms with Crippen LogP contribution < -0.4 is 10.0 Å². The first-order valence-electron chi connectivity index (χ1n) is 8.02. The number of sulfonamides is 1. The summed E-state index contributed by atoms with van der Waals surface area (Å²) in [4.78, 5) is 19.0. The highest BCUT2D eigenvalue weighted by Gasteiger charge is 2.18. The third-order valence-electron chi connectivity index (χ3n) is 3.93. The van der Waals surface area contributed by atoms with E-state index in [1.807, 2.05) is 0 Å². The molecule has 1 aromatic heterocycles. The highest BCUT2D eigenvalue weighted by atomic mass is 32.2. The molecule has 9 heteroatoms. The standard InChI is InChI=1S/C16H20N4O4S/c21-16(19-10-13-2-1-9-24-13)12-3-5-14(6-4-12)25(22,23)20-11-15-17-7-8-18-15/h3-8,13,20H,1-2,9-11H2,(H,17,18)(H,19,21). The summed E-state index contributed by atoms with van der Waals surface area (Å²) in [6, 6.07) is 5.80. The number of benzene rings is 1. The SMILES string of the molecule is O=C(NCC1CCCO1)c1ccc(S(=O)(=O)NCc2ncc[nH]2)cc1. The smallest absolute Gasteiger partial charge is 0.251 e. The van der Waals surface area contributed by atoms with Crippen molar-refractivity contribution < 1.29 is 17.9 Å². The number of amides is 1. The van der Waals surface area contributed by atoms with Crippen LogP contribution in [0.5, 0.6) is 0 Å². The minimum Gasteiger partial charge on any atom is -0.376 e. The average Bonchev–Trinajstić information content (AvgIpc) is 3.31. The molecule has 0 aliphatic carbocycles. The van der Waals surface area contributed by atoms with E-state index in [1.165, 1.54) is 24.3 Å². The number of aromatic nitrogens is 2. The lowest BCUT2D eigenvalue weighted by atomic mass is 10.2. The lowest BCUT2D eigenvalue weighted by Crippen LogP contribution is -2.31. The summed E-state index contributed by atoms with van der Waals surface area (Å²) in [6.07, 6.45) is 5.19. The van der Waals surface area contributed by atoms with Crippen molar-refractivity contribution >= 4 is 15.9 Å². The molecule has 0 radical (unpaired) electrons. The third kappa shape index (κ3) is 4.65. The number of hydrogen-bond acceptors (Lipinski definition) is 5. The first-order valence-corrected chi connectivity index (χ1v) is 9.51. The molecular formula is C16H20N4O4S. The summed E-state index contributed by atoms with van der Waals surface area (Å²) >= 11 is 0. The van der Waals surface area contributed by atoms with E-state index >= 15 is 0 Å². The maximum atomic E-state index is 12.2. The van der Waals surface area contributed by atoms with E-state index in [4.69, 9.17) is 4.74 Å². The summed E-state index contributed by atoms with van der Waals surface area (Å²) < 4.78 is 32.4. The average molecular weight is 364 g/mol. The van der Waals surface area contributed by atoms with Gasteiger partial charge in [-0.1, -0.05) is 0 Å². The van der Waals surface area contributed by atoms with Crippen LogP contribution in [0, 0.1) is 0 Å². The van der Waals surface area contributed by atoms with E-state index in [0.29, 0.717) is 17.9 Å². The molecule has 134 valence electrons. The minimum absolute atomic E-state index is 0.0643. The van der Waals surface area contributed by atoms with Crippen LogP contribution >= 0.6 is 0 Å². The fourth-order valence-electron chi connectivity index (χ4n) is 2.54. The van der Waals surface area contributed by atoms with Gasteiger partial charge in [-0.15, -0.1) is 0 Å². The van der Waals surface area contributed by atoms with E-state index < -0.39 is 10.0 Å². The fourth-order valence-corrected chi connectivity index (χ4v) is 3.53. The monoisotopic (exact) mass is 364 g/mol. The topological polar surface area (TPSA) is 113 Å². The summed E-state index contributed by atoms with van der Waals surface area (Å²) in [6.45, 7) is 1.26. The number of carbonyl (C=O) groups excluding carboxylic acids is 1. The van der Waals surface area contributed by atoms with Crippen molar-refractivity contribution in [3.8, 4) is 0 Å². The number of nitrogens with one attached hydrogen (secondary N) is 3. The second-order valence-electron chi connectivity index (χ2n) is 5.73. The van der Waals surface area contributed by atoms with Gasteiger partial charge in [0.25, 0.3) is 5.91 Å². The molecule has 8 nitrogen and oxygen atoms in total. The quantitative estimate of drug-likeness (QED) is 0.672. The van der Waals surface area contributed by atoms with Crippen LogP contribution in [0.25, 0.3) is 0 Å². The number of aromatic amines is 1. The first-order chi connectivity index (χ1) is 12.0. The Kier molecular flexibility index (Phi) is 5.47. The molecular weight excluding hydrogens is 344 g/mol. The van der Waals surface area contributed by atoms with Gasteiger partial charge in [-0.2, -0.15) is 0 Å². The van der Waals surface area contributed by atoms with Gasteiger partial charge < -0.3 is 15.0 Å². The molecule has 0 saturated carbocycles. The van der Waals surface area contributed by atoms with Crippen molar-refractivity contribution in [2.45, 2.75) is 30.4 Å². The van der Waals surface area contributed by atoms with Crippen LogP contribution in [0.4, 0.5) is 0 Å². The Balaban J connectivity index is 1.57. The molecule has 2 aromatic rings. The van der Waals surface area contributed by atoms with E-state index in [1.54, 1.807) is 12.4 Å². The molecule has 2 heterocycles. The Morgan fingerprint density at radius 2 is 2.12 bits per heavy atom. The van der Waals surface area contributed by atoms with Gasteiger partial charge >= 0.3 is 0 Å². The number of carbonyl (C=O) groups is 1. The normalized spacial score (nSPS) is 17.5. The molecule has 1 unspecified atom stereocenters. The molecule has 25 heavy (non-hydrogen) atoms. The summed E-state index contributed by atoms with van der Waals surface area (Å²) in [7, 11) is -3.67. The molecule has 3 rings (SSSR count). The van der Waals surface area contributed by atoms with Crippen LogP contribution in [0.2, 0.25) is 0 Å². The van der Waals surface area contributed by atoms with Gasteiger partial charge in [0.05, 0.1) is 17.5 Å². The summed E-state index contributed by atoms with van der Waals surface area (Å²) in [5.41, 5.74) is 0.406. The molecule has 3 N–H and O–H groups in total. The van der Waals surface area contributed by atoms with Gasteiger partial charge in [0.1, 0.15) is 5.82 Å². The zero-order chi connectivity index (χ0) is 17.7. The summed E-state index contributed by atoms with van der Waals surface area (Å²) in [5, 5.41) is 2.80. The molecule has 1 saturated heterocycles. The maximum Gasteiger partial charge on any atom is 0.251 e. The highest BCUT2D eigenvalue weighted by molar-refractivity contribution is 7.89. The largest absolute Gasteiger partial charge is 0.376 e. The van der Waals surface area contributed by atoms with Crippen LogP contribution in [-0.2, 0) is 21.3 Å². The Bertz CT molecular complexity index is 797. The van der Waals surface area contributed by atoms with Crippen LogP contribution in [0.3, 0.4) is 0 Å². The van der Waals surface area contributed by atoms with Crippen molar-refractivity contribution in [2.75, 3.05) is 13.2 Å². The van der Waals surface area contributed by atoms with Gasteiger partial charge in [0.2, 0.25) is 10.0 Å². The summed E-state index contributed by atoms with van der Waals surface area (Å²) in [5.74, 6) is 0.275. The molecule has 1 aliphatic rings. The number of H-pyrrole nitrogens is 1. The van der Waals surface area contributed by atoms with Crippen LogP contribution in [0.1, 0.15) is 29.0 Å². The van der Waals surface area contributed by atoms with E-state index in [9.17, 15) is 13.2 Å².